The van der Waals surface area contributed by atoms with Gasteiger partial charge in [-0.15, -0.1) is 11.3 Å². The molecular formula is C29H30F2N8O4S2. The maximum absolute atomic E-state index is 13.9. The molecule has 3 N–H and O–H groups in total. The van der Waals surface area contributed by atoms with Gasteiger partial charge in [0.1, 0.15) is 17.3 Å². The van der Waals surface area contributed by atoms with Crippen molar-refractivity contribution in [2.24, 2.45) is 0 Å². The summed E-state index contributed by atoms with van der Waals surface area (Å²) >= 11 is 1.27. The molecule has 2 aromatic carbocycles. The maximum atomic E-state index is 13.9. The Labute approximate surface area is 262 Å². The van der Waals surface area contributed by atoms with Crippen LogP contribution in [0.2, 0.25) is 0 Å². The maximum Gasteiger partial charge on any atom is 0.275 e. The van der Waals surface area contributed by atoms with Gasteiger partial charge in [0.2, 0.25) is 10.0 Å². The molecule has 0 spiro atoms. The molecule has 236 valence electrons. The van der Waals surface area contributed by atoms with E-state index < -0.39 is 43.9 Å². The van der Waals surface area contributed by atoms with Crippen molar-refractivity contribution in [2.45, 2.75) is 30.8 Å². The smallest absolute Gasteiger partial charge is 0.275 e. The Kier molecular flexibility index (Phi) is 7.93. The zero-order valence-electron chi connectivity index (χ0n) is 24.6. The van der Waals surface area contributed by atoms with Crippen molar-refractivity contribution >= 4 is 50.4 Å². The molecular weight excluding hydrogens is 627 g/mol. The van der Waals surface area contributed by atoms with Crippen LogP contribution in [0, 0.1) is 11.6 Å². The molecule has 0 saturated carbocycles. The highest BCUT2D eigenvalue weighted by Gasteiger charge is 2.48. The van der Waals surface area contributed by atoms with Crippen LogP contribution in [0.15, 0.2) is 52.2 Å². The first-order valence-electron chi connectivity index (χ1n) is 14.0. The standard InChI is InChI=1S/C29H30F2N8O4S2/c1-29(2)25-22(14-39(29)45(42,43)20-11-17(30)10-18(31)12-20)26(36-35-25)34-27(40)21-5-4-19(38-8-6-37(3)7-9-38)13-23(21)33-28(41)24-15-44-16-32-24/h4-5,10-13,15-16H,6-9,14H2,1-3H3,(H,33,41)(H2,34,35,36,40). The van der Waals surface area contributed by atoms with E-state index in [1.54, 1.807) is 31.4 Å². The predicted molar refractivity (Wildman–Crippen MR) is 165 cm³/mol. The van der Waals surface area contributed by atoms with Crippen molar-refractivity contribution < 1.29 is 26.8 Å². The molecule has 1 saturated heterocycles. The number of rotatable bonds is 7. The number of carbonyl (C=O) groups is 2. The molecule has 0 atom stereocenters. The van der Waals surface area contributed by atoms with Gasteiger partial charge >= 0.3 is 0 Å². The van der Waals surface area contributed by atoms with Gasteiger partial charge in [-0.05, 0) is 51.2 Å². The Balaban J connectivity index is 1.29. The molecule has 4 aromatic rings. The number of anilines is 3. The van der Waals surface area contributed by atoms with Crippen LogP contribution in [0.5, 0.6) is 0 Å². The lowest BCUT2D eigenvalue weighted by Crippen LogP contribution is -2.44. The molecule has 1 fully saturated rings. The van der Waals surface area contributed by atoms with Gasteiger partial charge in [0.25, 0.3) is 11.8 Å². The Morgan fingerprint density at radius 2 is 1.71 bits per heavy atom. The van der Waals surface area contributed by atoms with Gasteiger partial charge in [-0.25, -0.2) is 22.2 Å². The minimum atomic E-state index is -4.35. The highest BCUT2D eigenvalue weighted by atomic mass is 32.2. The van der Waals surface area contributed by atoms with Crippen LogP contribution in [0.25, 0.3) is 0 Å². The molecule has 2 aliphatic heterocycles. The largest absolute Gasteiger partial charge is 0.369 e. The van der Waals surface area contributed by atoms with E-state index in [4.69, 9.17) is 0 Å². The van der Waals surface area contributed by atoms with Gasteiger partial charge in [-0.3, -0.25) is 14.7 Å². The zero-order valence-corrected chi connectivity index (χ0v) is 26.2. The van der Waals surface area contributed by atoms with E-state index >= 15 is 0 Å². The molecule has 4 heterocycles. The highest BCUT2D eigenvalue weighted by Crippen LogP contribution is 2.44. The number of amides is 2. The predicted octanol–water partition coefficient (Wildman–Crippen LogP) is 3.84. The van der Waals surface area contributed by atoms with Crippen LogP contribution >= 0.6 is 11.3 Å². The number of nitrogens with zero attached hydrogens (tertiary/aromatic N) is 5. The Hall–Kier alpha value is -4.25. The van der Waals surface area contributed by atoms with Gasteiger partial charge < -0.3 is 20.4 Å². The number of aromatic amines is 1. The molecule has 0 radical (unpaired) electrons. The lowest BCUT2D eigenvalue weighted by molar-refractivity contribution is 0.102. The van der Waals surface area contributed by atoms with E-state index in [9.17, 15) is 26.8 Å². The molecule has 2 aliphatic rings. The number of benzene rings is 2. The second-order valence-electron chi connectivity index (χ2n) is 11.4. The number of piperazine rings is 1. The second-order valence-corrected chi connectivity index (χ2v) is 14.0. The molecule has 16 heteroatoms. The van der Waals surface area contributed by atoms with Crippen LogP contribution < -0.4 is 15.5 Å². The summed E-state index contributed by atoms with van der Waals surface area (Å²) in [5, 5.41) is 14.2. The van der Waals surface area contributed by atoms with Crippen LogP contribution in [-0.2, 0) is 22.1 Å². The van der Waals surface area contributed by atoms with Crippen molar-refractivity contribution in [2.75, 3.05) is 48.8 Å². The summed E-state index contributed by atoms with van der Waals surface area (Å²) < 4.78 is 56.0. The van der Waals surface area contributed by atoms with Crippen molar-refractivity contribution in [3.05, 3.63) is 81.4 Å². The minimum absolute atomic E-state index is 0.0890. The van der Waals surface area contributed by atoms with Gasteiger partial charge in [0.15, 0.2) is 5.82 Å². The summed E-state index contributed by atoms with van der Waals surface area (Å²) in [4.78, 5) is 34.6. The average Bonchev–Trinajstić information content (AvgIpc) is 3.72. The summed E-state index contributed by atoms with van der Waals surface area (Å²) in [6.45, 7) is 6.31. The SMILES string of the molecule is CN1CCN(c2ccc(C(=O)Nc3n[nH]c4c3CN(S(=O)(=O)c3cc(F)cc(F)c3)C4(C)C)c(NC(=O)c3cscn3)c2)CC1. The van der Waals surface area contributed by atoms with Crippen LogP contribution in [0.4, 0.5) is 26.0 Å². The van der Waals surface area contributed by atoms with E-state index in [1.807, 2.05) is 13.1 Å². The monoisotopic (exact) mass is 656 g/mol. The Morgan fingerprint density at radius 1 is 1.00 bits per heavy atom. The molecule has 0 aliphatic carbocycles. The molecule has 2 amide bonds. The molecule has 0 unspecified atom stereocenters. The highest BCUT2D eigenvalue weighted by molar-refractivity contribution is 7.89. The van der Waals surface area contributed by atoms with E-state index in [1.165, 1.54) is 16.8 Å². The number of nitrogens with one attached hydrogen (secondary N) is 3. The number of hydrogen-bond acceptors (Lipinski definition) is 9. The van der Waals surface area contributed by atoms with Crippen LogP contribution in [0.3, 0.4) is 0 Å². The molecule has 45 heavy (non-hydrogen) atoms. The van der Waals surface area contributed by atoms with E-state index in [-0.39, 0.29) is 29.3 Å². The first-order valence-corrected chi connectivity index (χ1v) is 16.4. The summed E-state index contributed by atoms with van der Waals surface area (Å²) in [7, 11) is -2.31. The molecule has 12 nitrogen and oxygen atoms in total. The third-order valence-electron chi connectivity index (χ3n) is 8.09. The van der Waals surface area contributed by atoms with E-state index in [2.05, 4.69) is 35.6 Å². The second kappa shape index (κ2) is 11.6. The van der Waals surface area contributed by atoms with Gasteiger partial charge in [-0.2, -0.15) is 9.40 Å². The minimum Gasteiger partial charge on any atom is -0.369 e. The van der Waals surface area contributed by atoms with Crippen molar-refractivity contribution in [1.82, 2.24) is 24.4 Å². The van der Waals surface area contributed by atoms with Crippen LogP contribution in [-0.4, -0.2) is 77.8 Å². The molecule has 2 aromatic heterocycles. The Bertz CT molecular complexity index is 1870. The summed E-state index contributed by atoms with van der Waals surface area (Å²) in [5.74, 6) is -3.01. The van der Waals surface area contributed by atoms with Crippen molar-refractivity contribution in [3.63, 3.8) is 0 Å². The number of likely N-dealkylation sites (N-methyl/N-ethyl adjacent to an activating group) is 1. The quantitative estimate of drug-likeness (QED) is 0.272. The lowest BCUT2D eigenvalue weighted by atomic mass is 10.0. The third kappa shape index (κ3) is 5.81. The first kappa shape index (κ1) is 30.8. The zero-order chi connectivity index (χ0) is 32.1. The van der Waals surface area contributed by atoms with Gasteiger partial charge in [0, 0.05) is 55.4 Å². The number of carbonyl (C=O) groups excluding carboxylic acids is 2. The summed E-state index contributed by atoms with van der Waals surface area (Å²) in [5.41, 5.74) is 2.64. The lowest BCUT2D eigenvalue weighted by Gasteiger charge is -2.34. The first-order chi connectivity index (χ1) is 21.3. The van der Waals surface area contributed by atoms with E-state index in [0.29, 0.717) is 17.3 Å². The number of H-pyrrole nitrogens is 1. The number of thiazole rings is 1. The van der Waals surface area contributed by atoms with Crippen LogP contribution in [0.1, 0.15) is 46.0 Å². The summed E-state index contributed by atoms with van der Waals surface area (Å²) in [6, 6.07) is 7.29. The topological polar surface area (TPSA) is 144 Å². The van der Waals surface area contributed by atoms with Crippen molar-refractivity contribution in [3.8, 4) is 0 Å². The normalized spacial score (nSPS) is 16.9. The number of fused-ring (bicyclic) bond motifs is 1. The van der Waals surface area contributed by atoms with Gasteiger partial charge in [0.05, 0.1) is 32.9 Å². The fourth-order valence-electron chi connectivity index (χ4n) is 5.57. The number of halogens is 2. The fraction of sp³-hybridized carbons (Fsp3) is 0.310. The Morgan fingerprint density at radius 3 is 2.38 bits per heavy atom. The number of sulfonamides is 1. The fourth-order valence-corrected chi connectivity index (χ4v) is 7.87. The molecule has 6 rings (SSSR count). The molecule has 0 bridgehead atoms. The number of hydrogen-bond donors (Lipinski definition) is 3. The average molecular weight is 657 g/mol. The third-order valence-corrected chi connectivity index (χ3v) is 10.7. The van der Waals surface area contributed by atoms with E-state index in [0.717, 1.165) is 48.3 Å². The van der Waals surface area contributed by atoms with Crippen molar-refractivity contribution in [1.29, 1.82) is 0 Å². The van der Waals surface area contributed by atoms with Gasteiger partial charge in [-0.1, -0.05) is 0 Å². The number of aromatic nitrogens is 3. The summed E-state index contributed by atoms with van der Waals surface area (Å²) in [6.07, 6.45) is 0.